The number of primary amides is 1. The average Bonchev–Trinajstić information content (AvgIpc) is 2.36. The molecule has 0 saturated carbocycles. The Hall–Kier alpha value is -1.85. The van der Waals surface area contributed by atoms with E-state index in [1.165, 1.54) is 18.7 Å². The van der Waals surface area contributed by atoms with Crippen molar-refractivity contribution in [2.45, 2.75) is 26.7 Å². The van der Waals surface area contributed by atoms with Gasteiger partial charge in [0.15, 0.2) is 0 Å². The maximum atomic E-state index is 12.1. The van der Waals surface area contributed by atoms with Crippen molar-refractivity contribution in [3.63, 3.8) is 0 Å². The average molecular weight is 254 g/mol. The molecule has 1 unspecified atom stereocenters. The van der Waals surface area contributed by atoms with Crippen molar-refractivity contribution < 1.29 is 19.5 Å². The monoisotopic (exact) mass is 254 g/mol. The number of hydrogen-bond acceptors (Lipinski definition) is 3. The first-order valence-electron chi connectivity index (χ1n) is 5.84. The van der Waals surface area contributed by atoms with Gasteiger partial charge in [-0.1, -0.05) is 0 Å². The number of piperidine rings is 1. The molecule has 100 valence electrons. The number of nitrogens with zero attached hydrogens (tertiary/aromatic N) is 1. The van der Waals surface area contributed by atoms with Crippen molar-refractivity contribution in [2.75, 3.05) is 13.1 Å². The van der Waals surface area contributed by atoms with Crippen LogP contribution in [0, 0.1) is 5.92 Å². The number of carboxylic acid groups (broad SMARTS) is 1. The minimum atomic E-state index is -1.11. The molecule has 18 heavy (non-hydrogen) atoms. The maximum absolute atomic E-state index is 12.1. The summed E-state index contributed by atoms with van der Waals surface area (Å²) in [6, 6.07) is 0. The highest BCUT2D eigenvalue weighted by atomic mass is 16.4. The minimum absolute atomic E-state index is 0.0289. The van der Waals surface area contributed by atoms with Gasteiger partial charge in [0.25, 0.3) is 0 Å². The first-order chi connectivity index (χ1) is 8.34. The van der Waals surface area contributed by atoms with Gasteiger partial charge in [-0.2, -0.15) is 0 Å². The lowest BCUT2D eigenvalue weighted by Crippen LogP contribution is -2.44. The number of nitrogens with two attached hydrogens (primary N) is 1. The van der Waals surface area contributed by atoms with Crippen molar-refractivity contribution in [3.8, 4) is 0 Å². The quantitative estimate of drug-likeness (QED) is 0.699. The number of carbonyl (C=O) groups is 3. The Bertz CT molecular complexity index is 414. The SMILES string of the molecule is CC(C(=O)O)=C(C)C(=O)N1CCCC(C(N)=O)C1. The van der Waals surface area contributed by atoms with Crippen LogP contribution in [-0.4, -0.2) is 40.9 Å². The normalized spacial score (nSPS) is 21.2. The molecule has 1 saturated heterocycles. The fraction of sp³-hybridized carbons (Fsp3) is 0.583. The van der Waals surface area contributed by atoms with Crippen molar-refractivity contribution >= 4 is 17.8 Å². The smallest absolute Gasteiger partial charge is 0.331 e. The van der Waals surface area contributed by atoms with Crippen LogP contribution in [0.3, 0.4) is 0 Å². The molecule has 0 radical (unpaired) electrons. The van der Waals surface area contributed by atoms with Gasteiger partial charge >= 0.3 is 5.97 Å². The van der Waals surface area contributed by atoms with E-state index in [1.54, 1.807) is 0 Å². The number of carboxylic acids is 1. The fourth-order valence-electron chi connectivity index (χ4n) is 1.95. The third-order valence-electron chi connectivity index (χ3n) is 3.32. The summed E-state index contributed by atoms with van der Waals surface area (Å²) < 4.78 is 0. The van der Waals surface area contributed by atoms with Crippen molar-refractivity contribution in [2.24, 2.45) is 11.7 Å². The van der Waals surface area contributed by atoms with Gasteiger partial charge in [0.05, 0.1) is 5.92 Å². The highest BCUT2D eigenvalue weighted by molar-refractivity contribution is 6.01. The molecular weight excluding hydrogens is 236 g/mol. The van der Waals surface area contributed by atoms with Crippen LogP contribution in [0.1, 0.15) is 26.7 Å². The molecule has 0 aliphatic carbocycles. The highest BCUT2D eigenvalue weighted by Crippen LogP contribution is 2.18. The summed E-state index contributed by atoms with van der Waals surface area (Å²) in [5.41, 5.74) is 5.46. The largest absolute Gasteiger partial charge is 0.478 e. The number of aliphatic carboxylic acids is 1. The highest BCUT2D eigenvalue weighted by Gasteiger charge is 2.28. The molecule has 0 aromatic rings. The van der Waals surface area contributed by atoms with E-state index < -0.39 is 11.9 Å². The molecule has 6 nitrogen and oxygen atoms in total. The van der Waals surface area contributed by atoms with Crippen LogP contribution in [0.15, 0.2) is 11.1 Å². The molecule has 1 fully saturated rings. The molecule has 2 amide bonds. The van der Waals surface area contributed by atoms with Gasteiger partial charge < -0.3 is 15.7 Å². The zero-order chi connectivity index (χ0) is 13.9. The van der Waals surface area contributed by atoms with Gasteiger partial charge in [0.2, 0.25) is 11.8 Å². The molecule has 6 heteroatoms. The van der Waals surface area contributed by atoms with Crippen LogP contribution in [0.4, 0.5) is 0 Å². The van der Waals surface area contributed by atoms with E-state index in [0.29, 0.717) is 19.4 Å². The zero-order valence-electron chi connectivity index (χ0n) is 10.6. The Morgan fingerprint density at radius 3 is 2.33 bits per heavy atom. The molecule has 0 bridgehead atoms. The third-order valence-corrected chi connectivity index (χ3v) is 3.32. The van der Waals surface area contributed by atoms with Gasteiger partial charge in [0.1, 0.15) is 0 Å². The zero-order valence-corrected chi connectivity index (χ0v) is 10.6. The molecule has 0 aromatic heterocycles. The van der Waals surface area contributed by atoms with E-state index in [-0.39, 0.29) is 29.5 Å². The molecule has 0 aromatic carbocycles. The van der Waals surface area contributed by atoms with Gasteiger partial charge in [-0.15, -0.1) is 0 Å². The second kappa shape index (κ2) is 5.66. The molecule has 1 rings (SSSR count). The van der Waals surface area contributed by atoms with E-state index in [9.17, 15) is 14.4 Å². The van der Waals surface area contributed by atoms with E-state index in [4.69, 9.17) is 10.8 Å². The summed E-state index contributed by atoms with van der Waals surface area (Å²) >= 11 is 0. The standard InChI is InChI=1S/C12H18N2O4/c1-7(8(2)12(17)18)11(16)14-5-3-4-9(6-14)10(13)15/h9H,3-6H2,1-2H3,(H2,13,15)(H,17,18). The Labute approximate surface area is 105 Å². The molecular formula is C12H18N2O4. The predicted octanol–water partition coefficient (Wildman–Crippen LogP) is 0.131. The van der Waals surface area contributed by atoms with Gasteiger partial charge in [-0.3, -0.25) is 9.59 Å². The maximum Gasteiger partial charge on any atom is 0.331 e. The first-order valence-corrected chi connectivity index (χ1v) is 5.84. The Balaban J connectivity index is 2.82. The minimum Gasteiger partial charge on any atom is -0.478 e. The first kappa shape index (κ1) is 14.2. The Morgan fingerprint density at radius 1 is 1.22 bits per heavy atom. The molecule has 1 heterocycles. The lowest BCUT2D eigenvalue weighted by molar-refractivity contribution is -0.135. The number of hydrogen-bond donors (Lipinski definition) is 2. The molecule has 1 aliphatic heterocycles. The molecule has 0 spiro atoms. The summed E-state index contributed by atoms with van der Waals surface area (Å²) in [6.07, 6.45) is 1.39. The van der Waals surface area contributed by atoms with Crippen LogP contribution >= 0.6 is 0 Å². The Morgan fingerprint density at radius 2 is 1.83 bits per heavy atom. The van der Waals surface area contributed by atoms with Crippen LogP contribution in [0.5, 0.6) is 0 Å². The van der Waals surface area contributed by atoms with Crippen LogP contribution in [0.25, 0.3) is 0 Å². The second-order valence-corrected chi connectivity index (χ2v) is 4.55. The van der Waals surface area contributed by atoms with Crippen LogP contribution < -0.4 is 5.73 Å². The van der Waals surface area contributed by atoms with Crippen LogP contribution in [-0.2, 0) is 14.4 Å². The summed E-state index contributed by atoms with van der Waals surface area (Å²) in [6.45, 7) is 3.69. The fourth-order valence-corrected chi connectivity index (χ4v) is 1.95. The summed E-state index contributed by atoms with van der Waals surface area (Å²) in [5, 5.41) is 8.84. The molecule has 1 aliphatic rings. The summed E-state index contributed by atoms with van der Waals surface area (Å²) in [5.74, 6) is -2.19. The van der Waals surface area contributed by atoms with Gasteiger partial charge in [-0.05, 0) is 26.7 Å². The predicted molar refractivity (Wildman–Crippen MR) is 64.5 cm³/mol. The van der Waals surface area contributed by atoms with Crippen molar-refractivity contribution in [1.82, 2.24) is 4.90 Å². The van der Waals surface area contributed by atoms with E-state index in [2.05, 4.69) is 0 Å². The topological polar surface area (TPSA) is 101 Å². The third kappa shape index (κ3) is 3.09. The number of rotatable bonds is 3. The lowest BCUT2D eigenvalue weighted by Gasteiger charge is -2.31. The van der Waals surface area contributed by atoms with E-state index >= 15 is 0 Å². The van der Waals surface area contributed by atoms with Crippen molar-refractivity contribution in [1.29, 1.82) is 0 Å². The lowest BCUT2D eigenvalue weighted by atomic mass is 9.96. The Kier molecular flexibility index (Phi) is 4.47. The van der Waals surface area contributed by atoms with E-state index in [0.717, 1.165) is 0 Å². The second-order valence-electron chi connectivity index (χ2n) is 4.55. The summed E-state index contributed by atoms with van der Waals surface area (Å²) in [7, 11) is 0. The number of likely N-dealkylation sites (tertiary alicyclic amines) is 1. The van der Waals surface area contributed by atoms with Crippen molar-refractivity contribution in [3.05, 3.63) is 11.1 Å². The van der Waals surface area contributed by atoms with Gasteiger partial charge in [-0.25, -0.2) is 4.79 Å². The molecule has 3 N–H and O–H groups in total. The number of amides is 2. The summed E-state index contributed by atoms with van der Waals surface area (Å²) in [4.78, 5) is 35.5. The molecule has 1 atom stereocenters. The number of carbonyl (C=O) groups excluding carboxylic acids is 2. The van der Waals surface area contributed by atoms with Gasteiger partial charge in [0, 0.05) is 24.2 Å². The van der Waals surface area contributed by atoms with Crippen LogP contribution in [0.2, 0.25) is 0 Å². The van der Waals surface area contributed by atoms with E-state index in [1.807, 2.05) is 0 Å².